The van der Waals surface area contributed by atoms with Crippen LogP contribution in [0.3, 0.4) is 0 Å². The van der Waals surface area contributed by atoms with Crippen molar-refractivity contribution in [1.29, 1.82) is 0 Å². The van der Waals surface area contributed by atoms with Crippen molar-refractivity contribution in [2.24, 2.45) is 10.5 Å². The summed E-state index contributed by atoms with van der Waals surface area (Å²) < 4.78 is 2.22. The van der Waals surface area contributed by atoms with Crippen LogP contribution in [0.1, 0.15) is 43.5 Å². The predicted octanol–water partition coefficient (Wildman–Crippen LogP) is 7.66. The molecule has 5 aromatic rings. The Labute approximate surface area is 224 Å². The summed E-state index contributed by atoms with van der Waals surface area (Å²) in [6.07, 6.45) is 0. The maximum Gasteiger partial charge on any atom is 0.204 e. The van der Waals surface area contributed by atoms with Gasteiger partial charge in [0.25, 0.3) is 0 Å². The predicted molar refractivity (Wildman–Crippen MR) is 158 cm³/mol. The number of hydrogen-bond acceptors (Lipinski definition) is 4. The number of para-hydroxylation sites is 2. The zero-order valence-electron chi connectivity index (χ0n) is 22.2. The highest BCUT2D eigenvalue weighted by Gasteiger charge is 2.46. The fourth-order valence-corrected chi connectivity index (χ4v) is 5.63. The van der Waals surface area contributed by atoms with Gasteiger partial charge in [-0.25, -0.2) is 4.98 Å². The Hall–Kier alpha value is -4.38. The van der Waals surface area contributed by atoms with E-state index in [1.54, 1.807) is 0 Å². The number of aromatic nitrogens is 2. The second-order valence-corrected chi connectivity index (χ2v) is 10.4. The Balaban J connectivity index is 1.29. The highest BCUT2D eigenvalue weighted by Crippen LogP contribution is 2.48. The lowest BCUT2D eigenvalue weighted by Gasteiger charge is -2.33. The van der Waals surface area contributed by atoms with E-state index in [-0.39, 0.29) is 11.5 Å². The van der Waals surface area contributed by atoms with Crippen molar-refractivity contribution in [3.05, 3.63) is 126 Å². The second-order valence-electron chi connectivity index (χ2n) is 10.4. The quantitative estimate of drug-likeness (QED) is 0.250. The molecule has 4 aromatic carbocycles. The number of benzene rings is 4. The number of aryl methyl sites for hydroxylation is 1. The molecule has 1 atom stereocenters. The number of hydrogen-bond donors (Lipinski definition) is 1. The molecule has 2 heterocycles. The Kier molecular flexibility index (Phi) is 6.20. The van der Waals surface area contributed by atoms with E-state index >= 15 is 0 Å². The summed E-state index contributed by atoms with van der Waals surface area (Å²) in [6.45, 7) is 8.33. The Morgan fingerprint density at radius 1 is 0.789 bits per heavy atom. The molecule has 0 bridgehead atoms. The van der Waals surface area contributed by atoms with Crippen molar-refractivity contribution in [1.82, 2.24) is 9.55 Å². The molecule has 0 spiro atoms. The average Bonchev–Trinajstić information content (AvgIpc) is 3.46. The van der Waals surface area contributed by atoms with Crippen LogP contribution < -0.4 is 10.3 Å². The zero-order chi connectivity index (χ0) is 26.1. The molecule has 1 aliphatic heterocycles. The molecule has 0 fully saturated rings. The van der Waals surface area contributed by atoms with E-state index in [9.17, 15) is 0 Å². The third kappa shape index (κ3) is 4.24. The lowest BCUT2D eigenvalue weighted by Crippen LogP contribution is -2.32. The Morgan fingerprint density at radius 2 is 1.45 bits per heavy atom. The summed E-state index contributed by atoms with van der Waals surface area (Å²) in [5.41, 5.74) is 7.81. The maximum atomic E-state index is 5.23. The van der Waals surface area contributed by atoms with Gasteiger partial charge in [-0.1, -0.05) is 98.8 Å². The van der Waals surface area contributed by atoms with Gasteiger partial charge in [0.05, 0.1) is 28.5 Å². The Morgan fingerprint density at radius 3 is 2.16 bits per heavy atom. The minimum absolute atomic E-state index is 0.0901. The summed E-state index contributed by atoms with van der Waals surface area (Å²) in [5, 5.41) is 11.0. The summed E-state index contributed by atoms with van der Waals surface area (Å²) in [6, 6.07) is 38.4. The van der Waals surface area contributed by atoms with Gasteiger partial charge >= 0.3 is 0 Å². The maximum absolute atomic E-state index is 5.23. The van der Waals surface area contributed by atoms with Crippen LogP contribution in [-0.2, 0) is 13.1 Å². The molecule has 0 radical (unpaired) electrons. The van der Waals surface area contributed by atoms with Crippen molar-refractivity contribution in [2.75, 3.05) is 10.3 Å². The smallest absolute Gasteiger partial charge is 0.204 e. The lowest BCUT2D eigenvalue weighted by molar-refractivity contribution is 0.425. The van der Waals surface area contributed by atoms with Crippen LogP contribution >= 0.6 is 0 Å². The number of nitrogens with one attached hydrogen (secondary N) is 1. The second kappa shape index (κ2) is 9.82. The van der Waals surface area contributed by atoms with Gasteiger partial charge in [-0.05, 0) is 47.9 Å². The number of fused-ring (bicyclic) bond motifs is 1. The molecule has 0 saturated heterocycles. The number of rotatable bonds is 7. The van der Waals surface area contributed by atoms with Gasteiger partial charge in [0.2, 0.25) is 5.95 Å². The van der Waals surface area contributed by atoms with E-state index in [0.29, 0.717) is 6.54 Å². The number of imidazole rings is 1. The number of hydrazone groups is 1. The fourth-order valence-electron chi connectivity index (χ4n) is 5.63. The molecule has 1 aliphatic rings. The van der Waals surface area contributed by atoms with Gasteiger partial charge in [-0.3, -0.25) is 5.01 Å². The minimum Gasteiger partial charge on any atom is -0.352 e. The van der Waals surface area contributed by atoms with E-state index < -0.39 is 0 Å². The molecule has 5 nitrogen and oxygen atoms in total. The third-order valence-corrected chi connectivity index (χ3v) is 7.53. The van der Waals surface area contributed by atoms with Crippen LogP contribution in [-0.4, -0.2) is 15.3 Å². The standard InChI is InChI=1S/C33H33N5/c1-4-37-29-18-12-11-17-28(29)35-32(37)34-23-24-19-21-27(22-20-24)38-31(26-15-9-6-10-16-26)33(2,3)30(36-38)25-13-7-5-8-14-25/h5-22,31H,4,23H2,1-3H3,(H,34,35)/t31-/m0/s1. The zero-order valence-corrected chi connectivity index (χ0v) is 22.2. The third-order valence-electron chi connectivity index (χ3n) is 7.53. The van der Waals surface area contributed by atoms with Gasteiger partial charge in [0.1, 0.15) is 0 Å². The molecule has 190 valence electrons. The minimum atomic E-state index is -0.178. The molecule has 38 heavy (non-hydrogen) atoms. The molecular weight excluding hydrogens is 466 g/mol. The highest BCUT2D eigenvalue weighted by atomic mass is 15.5. The average molecular weight is 500 g/mol. The van der Waals surface area contributed by atoms with Crippen molar-refractivity contribution < 1.29 is 0 Å². The first-order valence-corrected chi connectivity index (χ1v) is 13.3. The van der Waals surface area contributed by atoms with Crippen LogP contribution in [0.15, 0.2) is 114 Å². The van der Waals surface area contributed by atoms with Gasteiger partial charge < -0.3 is 9.88 Å². The van der Waals surface area contributed by atoms with Crippen LogP contribution in [0.2, 0.25) is 0 Å². The molecule has 0 unspecified atom stereocenters. The van der Waals surface area contributed by atoms with E-state index in [0.717, 1.165) is 34.9 Å². The fraction of sp³-hybridized carbons (Fsp3) is 0.212. The summed E-state index contributed by atoms with van der Waals surface area (Å²) in [5.74, 6) is 0.903. The van der Waals surface area contributed by atoms with Crippen molar-refractivity contribution >= 4 is 28.4 Å². The van der Waals surface area contributed by atoms with Crippen LogP contribution in [0, 0.1) is 5.41 Å². The first kappa shape index (κ1) is 24.0. The highest BCUT2D eigenvalue weighted by molar-refractivity contribution is 6.07. The number of anilines is 2. The molecule has 0 amide bonds. The summed E-state index contributed by atoms with van der Waals surface area (Å²) in [4.78, 5) is 4.80. The van der Waals surface area contributed by atoms with Gasteiger partial charge in [0.15, 0.2) is 0 Å². The Bertz CT molecular complexity index is 1570. The van der Waals surface area contributed by atoms with Crippen molar-refractivity contribution in [3.8, 4) is 0 Å². The van der Waals surface area contributed by atoms with E-state index in [1.807, 2.05) is 6.07 Å². The van der Waals surface area contributed by atoms with E-state index in [4.69, 9.17) is 10.1 Å². The molecule has 0 aliphatic carbocycles. The topological polar surface area (TPSA) is 45.5 Å². The molecule has 5 heteroatoms. The van der Waals surface area contributed by atoms with Gasteiger partial charge in [0, 0.05) is 18.5 Å². The molecule has 0 saturated carbocycles. The monoisotopic (exact) mass is 499 g/mol. The SMILES string of the molecule is CCn1c(NCc2ccc(N3N=C(c4ccccc4)C(C)(C)[C@@H]3c3ccccc3)cc2)nc2ccccc21. The molecule has 1 aromatic heterocycles. The van der Waals surface area contributed by atoms with Crippen molar-refractivity contribution in [3.63, 3.8) is 0 Å². The van der Waals surface area contributed by atoms with Crippen LogP contribution in [0.4, 0.5) is 11.6 Å². The lowest BCUT2D eigenvalue weighted by atomic mass is 9.75. The largest absolute Gasteiger partial charge is 0.352 e. The van der Waals surface area contributed by atoms with Crippen molar-refractivity contribution in [2.45, 2.75) is 39.9 Å². The van der Waals surface area contributed by atoms with E-state index in [1.165, 1.54) is 16.7 Å². The first-order chi connectivity index (χ1) is 18.6. The molecular formula is C33H33N5. The summed E-state index contributed by atoms with van der Waals surface area (Å²) >= 11 is 0. The summed E-state index contributed by atoms with van der Waals surface area (Å²) in [7, 11) is 0. The molecule has 6 rings (SSSR count). The van der Waals surface area contributed by atoms with Gasteiger partial charge in [-0.2, -0.15) is 5.10 Å². The molecule has 1 N–H and O–H groups in total. The van der Waals surface area contributed by atoms with Gasteiger partial charge in [-0.15, -0.1) is 0 Å². The first-order valence-electron chi connectivity index (χ1n) is 13.3. The normalized spacial score (nSPS) is 16.6. The van der Waals surface area contributed by atoms with E-state index in [2.05, 4.69) is 139 Å². The van der Waals surface area contributed by atoms with Crippen LogP contribution in [0.5, 0.6) is 0 Å². The number of nitrogens with zero attached hydrogens (tertiary/aromatic N) is 4. The van der Waals surface area contributed by atoms with Crippen LogP contribution in [0.25, 0.3) is 11.0 Å².